The number of hydrogen-bond acceptors (Lipinski definition) is 2. The maximum Gasteiger partial charge on any atom is 2.00 e. The third-order valence-electron chi connectivity index (χ3n) is 0. The van der Waals surface area contributed by atoms with Crippen LogP contribution in [0, 0.1) is 0 Å². The van der Waals surface area contributed by atoms with Gasteiger partial charge in [0, 0.05) is 0 Å². The van der Waals surface area contributed by atoms with E-state index in [9.17, 15) is 0 Å². The summed E-state index contributed by atoms with van der Waals surface area (Å²) in [4.78, 5) is 0. The molecule has 0 unspecified atom stereocenters. The standard InChI is InChI=1S/2C4H10S.Ba/c2*1-4(2,3)5;/h2*5H,1-3H3;/q;;+2/p-2. The number of rotatable bonds is 0. The molecule has 0 saturated carbocycles. The van der Waals surface area contributed by atoms with Gasteiger partial charge in [0.15, 0.2) is 0 Å². The summed E-state index contributed by atoms with van der Waals surface area (Å²) in [6, 6.07) is 0. The normalized spacial score (nSPS) is 10.9. The van der Waals surface area contributed by atoms with Gasteiger partial charge < -0.3 is 25.3 Å². The molecule has 0 N–H and O–H groups in total. The van der Waals surface area contributed by atoms with Crippen molar-refractivity contribution in [1.29, 1.82) is 0 Å². The predicted octanol–water partition coefficient (Wildman–Crippen LogP) is 2.28. The first-order chi connectivity index (χ1) is 4.00. The summed E-state index contributed by atoms with van der Waals surface area (Å²) < 4.78 is 0.167. The molecule has 0 saturated heterocycles. The van der Waals surface area contributed by atoms with Crippen molar-refractivity contribution in [2.24, 2.45) is 0 Å². The van der Waals surface area contributed by atoms with Crippen LogP contribution < -0.4 is 0 Å². The maximum atomic E-state index is 4.83. The molecule has 0 rings (SSSR count). The Morgan fingerprint density at radius 1 is 0.636 bits per heavy atom. The van der Waals surface area contributed by atoms with Crippen LogP contribution in [-0.4, -0.2) is 58.4 Å². The van der Waals surface area contributed by atoms with Crippen LogP contribution in [-0.2, 0) is 25.3 Å². The minimum Gasteiger partial charge on any atom is -0.787 e. The van der Waals surface area contributed by atoms with Crippen molar-refractivity contribution < 1.29 is 0 Å². The van der Waals surface area contributed by atoms with Crippen LogP contribution in [0.3, 0.4) is 0 Å². The van der Waals surface area contributed by atoms with E-state index in [1.807, 2.05) is 41.5 Å². The Morgan fingerprint density at radius 3 is 0.636 bits per heavy atom. The summed E-state index contributed by atoms with van der Waals surface area (Å²) in [6.45, 7) is 12.0. The van der Waals surface area contributed by atoms with Crippen molar-refractivity contribution >= 4 is 74.1 Å². The largest absolute Gasteiger partial charge is 2.00 e. The van der Waals surface area contributed by atoms with Gasteiger partial charge in [-0.3, -0.25) is 0 Å². The summed E-state index contributed by atoms with van der Waals surface area (Å²) >= 11 is 9.65. The van der Waals surface area contributed by atoms with Gasteiger partial charge in [-0.1, -0.05) is 41.5 Å². The van der Waals surface area contributed by atoms with Crippen LogP contribution in [0.1, 0.15) is 41.5 Å². The van der Waals surface area contributed by atoms with E-state index in [0.717, 1.165) is 0 Å². The molecule has 0 aromatic heterocycles. The predicted molar refractivity (Wildman–Crippen MR) is 60.0 cm³/mol. The molecule has 0 aromatic carbocycles. The first kappa shape index (κ1) is 18.9. The Hall–Kier alpha value is 2.27. The fourth-order valence-electron chi connectivity index (χ4n) is 0. The molecule has 0 fully saturated rings. The fraction of sp³-hybridized carbons (Fsp3) is 1.00. The minimum absolute atomic E-state index is 0. The van der Waals surface area contributed by atoms with Crippen LogP contribution in [0.4, 0.5) is 0 Å². The molecular formula is C8H18BaS2. The van der Waals surface area contributed by atoms with Crippen LogP contribution in [0.5, 0.6) is 0 Å². The quantitative estimate of drug-likeness (QED) is 0.497. The summed E-state index contributed by atoms with van der Waals surface area (Å²) in [5, 5.41) is 0. The maximum absolute atomic E-state index is 4.83. The van der Waals surface area contributed by atoms with E-state index in [4.69, 9.17) is 25.3 Å². The van der Waals surface area contributed by atoms with E-state index in [-0.39, 0.29) is 58.4 Å². The first-order valence-corrected chi connectivity index (χ1v) is 4.22. The van der Waals surface area contributed by atoms with E-state index in [1.165, 1.54) is 0 Å². The molecule has 3 heteroatoms. The van der Waals surface area contributed by atoms with Crippen LogP contribution in [0.2, 0.25) is 0 Å². The van der Waals surface area contributed by atoms with E-state index >= 15 is 0 Å². The molecular weight excluding hydrogens is 298 g/mol. The van der Waals surface area contributed by atoms with Gasteiger partial charge in [-0.15, -0.1) is 0 Å². The van der Waals surface area contributed by atoms with E-state index < -0.39 is 0 Å². The van der Waals surface area contributed by atoms with Crippen molar-refractivity contribution in [2.75, 3.05) is 0 Å². The molecule has 0 aliphatic carbocycles. The first-order valence-electron chi connectivity index (χ1n) is 3.41. The summed E-state index contributed by atoms with van der Waals surface area (Å²) in [5.74, 6) is 0. The monoisotopic (exact) mass is 316 g/mol. The van der Waals surface area contributed by atoms with E-state index in [2.05, 4.69) is 0 Å². The Morgan fingerprint density at radius 2 is 0.636 bits per heavy atom. The smallest absolute Gasteiger partial charge is 0.787 e. The molecule has 11 heavy (non-hydrogen) atoms. The van der Waals surface area contributed by atoms with E-state index in [0.29, 0.717) is 0 Å². The van der Waals surface area contributed by atoms with Crippen molar-refractivity contribution in [3.63, 3.8) is 0 Å². The topological polar surface area (TPSA) is 0 Å². The third-order valence-corrected chi connectivity index (χ3v) is 0. The Balaban J connectivity index is -0.000000107. The molecule has 0 heterocycles. The van der Waals surface area contributed by atoms with Crippen LogP contribution in [0.15, 0.2) is 0 Å². The Bertz CT molecular complexity index is 55.1. The summed E-state index contributed by atoms with van der Waals surface area (Å²) in [7, 11) is 0. The molecule has 0 aliphatic heterocycles. The van der Waals surface area contributed by atoms with Crippen molar-refractivity contribution in [1.82, 2.24) is 0 Å². The molecule has 0 aliphatic rings. The van der Waals surface area contributed by atoms with Gasteiger partial charge >= 0.3 is 48.9 Å². The molecule has 0 nitrogen and oxygen atoms in total. The SMILES string of the molecule is CC(C)(C)[S-].CC(C)(C)[S-].[Ba+2]. The zero-order valence-corrected chi connectivity index (χ0v) is 14.6. The minimum atomic E-state index is 0. The van der Waals surface area contributed by atoms with Gasteiger partial charge in [0.25, 0.3) is 0 Å². The molecule has 0 amide bonds. The second kappa shape index (κ2) is 7.65. The average molecular weight is 316 g/mol. The van der Waals surface area contributed by atoms with Crippen molar-refractivity contribution in [3.05, 3.63) is 0 Å². The zero-order valence-electron chi connectivity index (χ0n) is 8.52. The van der Waals surface area contributed by atoms with Gasteiger partial charge in [0.1, 0.15) is 0 Å². The van der Waals surface area contributed by atoms with Crippen LogP contribution in [0.25, 0.3) is 0 Å². The molecule has 0 spiro atoms. The fourth-order valence-corrected chi connectivity index (χ4v) is 0. The van der Waals surface area contributed by atoms with Gasteiger partial charge in [-0.25, -0.2) is 0 Å². The Labute approximate surface area is 123 Å². The second-order valence-electron chi connectivity index (χ2n) is 4.22. The van der Waals surface area contributed by atoms with Gasteiger partial charge in [0.2, 0.25) is 0 Å². The zero-order chi connectivity index (χ0) is 9.00. The summed E-state index contributed by atoms with van der Waals surface area (Å²) in [5.41, 5.74) is 0. The van der Waals surface area contributed by atoms with Gasteiger partial charge in [-0.2, -0.15) is 9.49 Å². The average Bonchev–Trinajstić information content (AvgIpc) is 1.12. The Kier molecular flexibility index (Phi) is 13.2. The van der Waals surface area contributed by atoms with E-state index in [1.54, 1.807) is 0 Å². The van der Waals surface area contributed by atoms with Gasteiger partial charge in [-0.05, 0) is 0 Å². The molecule has 0 bridgehead atoms. The van der Waals surface area contributed by atoms with Gasteiger partial charge in [0.05, 0.1) is 0 Å². The summed E-state index contributed by atoms with van der Waals surface area (Å²) in [6.07, 6.45) is 0. The van der Waals surface area contributed by atoms with Crippen molar-refractivity contribution in [2.45, 2.75) is 51.0 Å². The second-order valence-corrected chi connectivity index (χ2v) is 6.67. The number of hydrogen-bond donors (Lipinski definition) is 0. The molecule has 0 radical (unpaired) electrons. The molecule has 0 aromatic rings. The molecule has 0 atom stereocenters. The van der Waals surface area contributed by atoms with Crippen molar-refractivity contribution in [3.8, 4) is 0 Å². The van der Waals surface area contributed by atoms with Crippen LogP contribution >= 0.6 is 0 Å². The molecule has 64 valence electrons. The third kappa shape index (κ3) is 251.